The Morgan fingerprint density at radius 2 is 1.69 bits per heavy atom. The molecule has 176 valence electrons. The van der Waals surface area contributed by atoms with Crippen molar-refractivity contribution in [1.82, 2.24) is 23.0 Å². The van der Waals surface area contributed by atoms with Crippen molar-refractivity contribution in [3.8, 4) is 22.6 Å². The van der Waals surface area contributed by atoms with Gasteiger partial charge in [-0.25, -0.2) is 16.9 Å². The number of pyridine rings is 2. The summed E-state index contributed by atoms with van der Waals surface area (Å²) in [6, 6.07) is 19.8. The average Bonchev–Trinajstić information content (AvgIpc) is 3.27. The van der Waals surface area contributed by atoms with Crippen LogP contribution in [0, 0.1) is 18.6 Å². The lowest BCUT2D eigenvalue weighted by atomic mass is 10.0. The van der Waals surface area contributed by atoms with E-state index in [-0.39, 0.29) is 12.0 Å². The number of H-pyrrole nitrogens is 1. The number of hydrogen-bond acceptors (Lipinski definition) is 4. The van der Waals surface area contributed by atoms with Gasteiger partial charge >= 0.3 is 0 Å². The summed E-state index contributed by atoms with van der Waals surface area (Å²) in [6.45, 7) is 2.89. The number of hydrogen-bond donors (Lipinski definition) is 1. The molecule has 5 aromatic rings. The van der Waals surface area contributed by atoms with Gasteiger partial charge in [0.15, 0.2) is 0 Å². The number of fused-ring (bicyclic) bond motifs is 1. The topological polar surface area (TPSA) is 57.7 Å². The molecule has 5 nitrogen and oxygen atoms in total. The van der Waals surface area contributed by atoms with Gasteiger partial charge in [-0.1, -0.05) is 30.3 Å². The van der Waals surface area contributed by atoms with Gasteiger partial charge in [0, 0.05) is 57.8 Å². The van der Waals surface area contributed by atoms with Crippen LogP contribution in [-0.4, -0.2) is 29.6 Å². The largest absolute Gasteiger partial charge is 0.339 e. The van der Waals surface area contributed by atoms with Crippen molar-refractivity contribution in [2.75, 3.05) is 6.54 Å². The minimum absolute atomic E-state index is 0.0993. The van der Waals surface area contributed by atoms with Crippen molar-refractivity contribution in [1.29, 1.82) is 0 Å². The van der Waals surface area contributed by atoms with Gasteiger partial charge in [0.05, 0.1) is 29.1 Å². The number of benzene rings is 2. The standard InChI is InChI=1S/C27H22F2IN5/c1-17-6-4-11-24(32-17)27-26(19-12-14-31-23-10-3-2-7-18(19)23)33-25(34-27)16-35(30)15-13-20-21(28)8-5-9-22(20)29/h2-12,14H,13,15-16H2,1H3,(H,33,34). The van der Waals surface area contributed by atoms with E-state index >= 15 is 0 Å². The first-order valence-electron chi connectivity index (χ1n) is 11.2. The summed E-state index contributed by atoms with van der Waals surface area (Å²) in [6.07, 6.45) is 2.04. The summed E-state index contributed by atoms with van der Waals surface area (Å²) < 4.78 is 30.0. The molecule has 1 N–H and O–H groups in total. The monoisotopic (exact) mass is 581 g/mol. The Morgan fingerprint density at radius 3 is 2.49 bits per heavy atom. The van der Waals surface area contributed by atoms with E-state index in [1.165, 1.54) is 18.2 Å². The quantitative estimate of drug-likeness (QED) is 0.172. The summed E-state index contributed by atoms with van der Waals surface area (Å²) in [5, 5.41) is 1.00. The maximum Gasteiger partial charge on any atom is 0.129 e. The lowest BCUT2D eigenvalue weighted by molar-refractivity contribution is 0.477. The maximum atomic E-state index is 14.0. The first-order chi connectivity index (χ1) is 17.0. The van der Waals surface area contributed by atoms with Crippen LogP contribution in [0.15, 0.2) is 72.9 Å². The summed E-state index contributed by atoms with van der Waals surface area (Å²) >= 11 is 2.17. The van der Waals surface area contributed by atoms with Gasteiger partial charge in [-0.05, 0) is 49.7 Å². The van der Waals surface area contributed by atoms with Crippen molar-refractivity contribution in [3.05, 3.63) is 102 Å². The molecule has 35 heavy (non-hydrogen) atoms. The highest BCUT2D eigenvalue weighted by Gasteiger charge is 2.19. The summed E-state index contributed by atoms with van der Waals surface area (Å²) in [4.78, 5) is 17.6. The number of aryl methyl sites for hydroxylation is 1. The van der Waals surface area contributed by atoms with Crippen LogP contribution in [0.5, 0.6) is 0 Å². The zero-order valence-corrected chi connectivity index (χ0v) is 21.1. The molecule has 0 aliphatic carbocycles. The van der Waals surface area contributed by atoms with E-state index in [9.17, 15) is 8.78 Å². The average molecular weight is 581 g/mol. The van der Waals surface area contributed by atoms with E-state index in [1.54, 1.807) is 6.20 Å². The van der Waals surface area contributed by atoms with Crippen molar-refractivity contribution in [2.24, 2.45) is 0 Å². The number of nitrogens with zero attached hydrogens (tertiary/aromatic N) is 4. The van der Waals surface area contributed by atoms with E-state index < -0.39 is 11.6 Å². The molecule has 3 heterocycles. The first kappa shape index (κ1) is 23.5. The normalized spacial score (nSPS) is 11.5. The lowest BCUT2D eigenvalue weighted by Crippen LogP contribution is -2.16. The summed E-state index contributed by atoms with van der Waals surface area (Å²) in [7, 11) is 0. The minimum atomic E-state index is -0.521. The SMILES string of the molecule is Cc1cccc(-c2[nH]c(CN(I)CCc3c(F)cccc3F)nc2-c2ccnc3ccccc23)n1. The number of para-hydroxylation sites is 1. The zero-order chi connectivity index (χ0) is 24.4. The Labute approximate surface area is 215 Å². The van der Waals surface area contributed by atoms with Crippen LogP contribution >= 0.6 is 22.9 Å². The molecule has 0 unspecified atom stereocenters. The third kappa shape index (κ3) is 5.08. The van der Waals surface area contributed by atoms with Gasteiger partial charge in [0.1, 0.15) is 17.5 Å². The van der Waals surface area contributed by atoms with Gasteiger partial charge in [0.2, 0.25) is 0 Å². The van der Waals surface area contributed by atoms with Crippen LogP contribution in [0.2, 0.25) is 0 Å². The zero-order valence-electron chi connectivity index (χ0n) is 19.0. The van der Waals surface area contributed by atoms with Gasteiger partial charge in [-0.2, -0.15) is 0 Å². The van der Waals surface area contributed by atoms with E-state index in [0.717, 1.165) is 45.1 Å². The van der Waals surface area contributed by atoms with Crippen LogP contribution in [-0.2, 0) is 13.0 Å². The van der Waals surface area contributed by atoms with Crippen LogP contribution in [0.3, 0.4) is 0 Å². The fourth-order valence-corrected chi connectivity index (χ4v) is 4.67. The second-order valence-corrected chi connectivity index (χ2v) is 9.61. The highest BCUT2D eigenvalue weighted by Crippen LogP contribution is 2.33. The molecule has 0 saturated heterocycles. The molecule has 0 saturated carbocycles. The molecule has 8 heteroatoms. The Kier molecular flexibility index (Phi) is 6.83. The van der Waals surface area contributed by atoms with Crippen molar-refractivity contribution < 1.29 is 8.78 Å². The van der Waals surface area contributed by atoms with Crippen LogP contribution < -0.4 is 0 Å². The number of aromatic nitrogens is 4. The van der Waals surface area contributed by atoms with Gasteiger partial charge in [-0.3, -0.25) is 9.97 Å². The Bertz CT molecular complexity index is 1470. The minimum Gasteiger partial charge on any atom is -0.339 e. The number of imidazole rings is 1. The molecular formula is C27H22F2IN5. The molecule has 0 spiro atoms. The molecule has 0 fully saturated rings. The fraction of sp³-hybridized carbons (Fsp3) is 0.148. The third-order valence-electron chi connectivity index (χ3n) is 5.79. The Hall–Kier alpha value is -3.24. The number of halogens is 3. The summed E-state index contributed by atoms with van der Waals surface area (Å²) in [5.41, 5.74) is 5.28. The molecule has 5 rings (SSSR count). The van der Waals surface area contributed by atoms with Gasteiger partial charge < -0.3 is 4.98 Å². The summed E-state index contributed by atoms with van der Waals surface area (Å²) in [5.74, 6) is -0.303. The highest BCUT2D eigenvalue weighted by molar-refractivity contribution is 14.1. The van der Waals surface area contributed by atoms with Crippen LogP contribution in [0.25, 0.3) is 33.5 Å². The predicted molar refractivity (Wildman–Crippen MR) is 142 cm³/mol. The van der Waals surface area contributed by atoms with Gasteiger partial charge in [0.25, 0.3) is 0 Å². The third-order valence-corrected chi connectivity index (χ3v) is 6.61. The number of rotatable bonds is 7. The van der Waals surface area contributed by atoms with E-state index in [4.69, 9.17) is 9.97 Å². The lowest BCUT2D eigenvalue weighted by Gasteiger charge is -2.13. The van der Waals surface area contributed by atoms with E-state index in [2.05, 4.69) is 32.8 Å². The molecule has 0 bridgehead atoms. The number of nitrogens with one attached hydrogen (secondary N) is 1. The van der Waals surface area contributed by atoms with Crippen LogP contribution in [0.1, 0.15) is 17.1 Å². The molecule has 0 atom stereocenters. The molecular weight excluding hydrogens is 559 g/mol. The fourth-order valence-electron chi connectivity index (χ4n) is 4.11. The Morgan fingerprint density at radius 1 is 0.914 bits per heavy atom. The second kappa shape index (κ2) is 10.2. The molecule has 0 aliphatic rings. The van der Waals surface area contributed by atoms with Crippen LogP contribution in [0.4, 0.5) is 8.78 Å². The van der Waals surface area contributed by atoms with E-state index in [0.29, 0.717) is 13.1 Å². The van der Waals surface area contributed by atoms with Crippen molar-refractivity contribution in [2.45, 2.75) is 19.9 Å². The molecule has 0 aliphatic heterocycles. The number of aromatic amines is 1. The van der Waals surface area contributed by atoms with Gasteiger partial charge in [-0.15, -0.1) is 0 Å². The Balaban J connectivity index is 1.48. The predicted octanol–water partition coefficient (Wildman–Crippen LogP) is 6.67. The molecule has 2 aromatic carbocycles. The molecule has 0 amide bonds. The smallest absolute Gasteiger partial charge is 0.129 e. The maximum absolute atomic E-state index is 14.0. The first-order valence-corrected chi connectivity index (χ1v) is 12.2. The van der Waals surface area contributed by atoms with E-state index in [1.807, 2.05) is 58.6 Å². The molecule has 0 radical (unpaired) electrons. The van der Waals surface area contributed by atoms with Crippen molar-refractivity contribution in [3.63, 3.8) is 0 Å². The van der Waals surface area contributed by atoms with Crippen molar-refractivity contribution >= 4 is 33.8 Å². The highest BCUT2D eigenvalue weighted by atomic mass is 127. The second-order valence-electron chi connectivity index (χ2n) is 8.24. The molecule has 3 aromatic heterocycles.